The van der Waals surface area contributed by atoms with Gasteiger partial charge < -0.3 is 4.90 Å². The van der Waals surface area contributed by atoms with E-state index < -0.39 is 0 Å². The number of halogens is 1. The number of rotatable bonds is 4. The Hall–Kier alpha value is -0.190. The van der Waals surface area contributed by atoms with Crippen LogP contribution in [0.2, 0.25) is 4.47 Å². The smallest absolute Gasteiger partial charge is 0.207 e. The van der Waals surface area contributed by atoms with Crippen molar-refractivity contribution in [1.29, 1.82) is 0 Å². The van der Waals surface area contributed by atoms with E-state index in [1.54, 1.807) is 0 Å². The first-order valence-electron chi connectivity index (χ1n) is 3.81. The van der Waals surface area contributed by atoms with E-state index >= 15 is 0 Å². The largest absolute Gasteiger partial charge is 0.309 e. The van der Waals surface area contributed by atoms with Crippen molar-refractivity contribution in [3.63, 3.8) is 0 Å². The highest BCUT2D eigenvalue weighted by Gasteiger charge is 2.00. The van der Waals surface area contributed by atoms with Crippen LogP contribution in [-0.2, 0) is 6.42 Å². The van der Waals surface area contributed by atoms with E-state index in [-0.39, 0.29) is 0 Å². The van der Waals surface area contributed by atoms with Crippen molar-refractivity contribution in [3.8, 4) is 0 Å². The van der Waals surface area contributed by atoms with Crippen LogP contribution >= 0.6 is 22.9 Å². The molecule has 0 spiro atoms. The Balaban J connectivity index is 2.24. The lowest BCUT2D eigenvalue weighted by molar-refractivity contribution is 0.400. The second kappa shape index (κ2) is 4.74. The van der Waals surface area contributed by atoms with Crippen LogP contribution in [0.5, 0.6) is 0 Å². The first-order valence-corrected chi connectivity index (χ1v) is 5.00. The minimum absolute atomic E-state index is 0.537. The Morgan fingerprint density at radius 1 is 1.42 bits per heavy atom. The molecule has 0 aliphatic carbocycles. The molecule has 0 aromatic carbocycles. The summed E-state index contributed by atoms with van der Waals surface area (Å²) in [5.74, 6) is 0. The molecule has 1 rings (SSSR count). The van der Waals surface area contributed by atoms with E-state index in [4.69, 9.17) is 11.6 Å². The normalized spacial score (nSPS) is 11.0. The fraction of sp³-hybridized carbons (Fsp3) is 0.714. The summed E-state index contributed by atoms with van der Waals surface area (Å²) in [6.45, 7) is 1.08. The minimum Gasteiger partial charge on any atom is -0.309 e. The van der Waals surface area contributed by atoms with E-state index in [0.717, 1.165) is 24.4 Å². The van der Waals surface area contributed by atoms with Crippen molar-refractivity contribution in [3.05, 3.63) is 9.47 Å². The number of nitrogens with zero attached hydrogens (tertiary/aromatic N) is 3. The molecule has 0 aliphatic rings. The van der Waals surface area contributed by atoms with Crippen molar-refractivity contribution in [1.82, 2.24) is 15.1 Å². The Labute approximate surface area is 81.4 Å². The molecule has 68 valence electrons. The second-order valence-corrected chi connectivity index (χ2v) is 4.50. The van der Waals surface area contributed by atoms with E-state index in [9.17, 15) is 0 Å². The molecule has 0 saturated carbocycles. The summed E-state index contributed by atoms with van der Waals surface area (Å²) < 4.78 is 0.537. The monoisotopic (exact) mass is 205 g/mol. The minimum atomic E-state index is 0.537. The highest BCUT2D eigenvalue weighted by atomic mass is 35.5. The predicted octanol–water partition coefficient (Wildman–Crippen LogP) is 1.69. The fourth-order valence-corrected chi connectivity index (χ4v) is 1.79. The molecule has 3 nitrogen and oxygen atoms in total. The van der Waals surface area contributed by atoms with Gasteiger partial charge in [-0.2, -0.15) is 0 Å². The van der Waals surface area contributed by atoms with Gasteiger partial charge in [0.1, 0.15) is 5.01 Å². The number of hydrogen-bond acceptors (Lipinski definition) is 4. The summed E-state index contributed by atoms with van der Waals surface area (Å²) in [5, 5.41) is 8.69. The average Bonchev–Trinajstić information content (AvgIpc) is 2.35. The Morgan fingerprint density at radius 2 is 2.17 bits per heavy atom. The first-order chi connectivity index (χ1) is 5.68. The highest BCUT2D eigenvalue weighted by Crippen LogP contribution is 2.15. The third-order valence-corrected chi connectivity index (χ3v) is 2.52. The summed E-state index contributed by atoms with van der Waals surface area (Å²) in [5.41, 5.74) is 0. The van der Waals surface area contributed by atoms with Crippen molar-refractivity contribution in [2.45, 2.75) is 12.8 Å². The molecule has 0 amide bonds. The van der Waals surface area contributed by atoms with Gasteiger partial charge in [-0.15, -0.1) is 10.2 Å². The lowest BCUT2D eigenvalue weighted by Crippen LogP contribution is -2.13. The summed E-state index contributed by atoms with van der Waals surface area (Å²) in [4.78, 5) is 2.16. The van der Waals surface area contributed by atoms with Crippen LogP contribution in [-0.4, -0.2) is 35.7 Å². The molecule has 12 heavy (non-hydrogen) atoms. The van der Waals surface area contributed by atoms with Gasteiger partial charge in [-0.05, 0) is 38.7 Å². The molecule has 5 heteroatoms. The molecule has 0 N–H and O–H groups in total. The average molecular weight is 206 g/mol. The molecule has 0 bridgehead atoms. The third-order valence-electron chi connectivity index (χ3n) is 1.44. The topological polar surface area (TPSA) is 29.0 Å². The van der Waals surface area contributed by atoms with Crippen LogP contribution in [0.25, 0.3) is 0 Å². The molecule has 1 heterocycles. The van der Waals surface area contributed by atoms with Crippen LogP contribution in [0, 0.1) is 0 Å². The van der Waals surface area contributed by atoms with Gasteiger partial charge in [0.05, 0.1) is 0 Å². The maximum atomic E-state index is 5.64. The van der Waals surface area contributed by atoms with E-state index in [0.29, 0.717) is 4.47 Å². The standard InChI is InChI=1S/C7H12ClN3S/c1-11(2)5-3-4-6-9-10-7(8)12-6/h3-5H2,1-2H3. The lowest BCUT2D eigenvalue weighted by atomic mass is 10.3. The number of aryl methyl sites for hydroxylation is 1. The van der Waals surface area contributed by atoms with E-state index in [1.165, 1.54) is 11.3 Å². The highest BCUT2D eigenvalue weighted by molar-refractivity contribution is 7.15. The van der Waals surface area contributed by atoms with Gasteiger partial charge in [-0.1, -0.05) is 11.3 Å². The quantitative estimate of drug-likeness (QED) is 0.749. The molecule has 0 unspecified atom stereocenters. The van der Waals surface area contributed by atoms with Gasteiger partial charge in [-0.25, -0.2) is 0 Å². The molecule has 1 aromatic heterocycles. The Morgan fingerprint density at radius 3 is 2.67 bits per heavy atom. The van der Waals surface area contributed by atoms with Gasteiger partial charge >= 0.3 is 0 Å². The van der Waals surface area contributed by atoms with Gasteiger partial charge in [0, 0.05) is 6.42 Å². The zero-order valence-electron chi connectivity index (χ0n) is 7.25. The molecular weight excluding hydrogens is 194 g/mol. The maximum Gasteiger partial charge on any atom is 0.207 e. The zero-order valence-corrected chi connectivity index (χ0v) is 8.82. The van der Waals surface area contributed by atoms with Gasteiger partial charge in [0.15, 0.2) is 0 Å². The van der Waals surface area contributed by atoms with Crippen LogP contribution in [0.1, 0.15) is 11.4 Å². The fourth-order valence-electron chi connectivity index (χ4n) is 0.881. The van der Waals surface area contributed by atoms with E-state index in [2.05, 4.69) is 29.2 Å². The lowest BCUT2D eigenvalue weighted by Gasteiger charge is -2.06. The van der Waals surface area contributed by atoms with Crippen molar-refractivity contribution in [2.24, 2.45) is 0 Å². The van der Waals surface area contributed by atoms with Crippen LogP contribution in [0.4, 0.5) is 0 Å². The predicted molar refractivity (Wildman–Crippen MR) is 51.8 cm³/mol. The molecular formula is C7H12ClN3S. The molecule has 0 saturated heterocycles. The van der Waals surface area contributed by atoms with Gasteiger partial charge in [0.25, 0.3) is 0 Å². The number of aromatic nitrogens is 2. The second-order valence-electron chi connectivity index (χ2n) is 2.86. The first kappa shape index (κ1) is 9.89. The van der Waals surface area contributed by atoms with Crippen LogP contribution in [0.15, 0.2) is 0 Å². The summed E-state index contributed by atoms with van der Waals surface area (Å²) in [6.07, 6.45) is 2.08. The Kier molecular flexibility index (Phi) is 3.91. The number of hydrogen-bond donors (Lipinski definition) is 0. The molecule has 0 fully saturated rings. The maximum absolute atomic E-state index is 5.64. The SMILES string of the molecule is CN(C)CCCc1nnc(Cl)s1. The van der Waals surface area contributed by atoms with Crippen molar-refractivity contribution < 1.29 is 0 Å². The van der Waals surface area contributed by atoms with E-state index in [1.807, 2.05) is 0 Å². The van der Waals surface area contributed by atoms with Gasteiger partial charge in [-0.3, -0.25) is 0 Å². The third kappa shape index (κ3) is 3.47. The van der Waals surface area contributed by atoms with Gasteiger partial charge in [0.2, 0.25) is 4.47 Å². The molecule has 0 atom stereocenters. The zero-order chi connectivity index (χ0) is 8.97. The summed E-state index contributed by atoms with van der Waals surface area (Å²) in [6, 6.07) is 0. The summed E-state index contributed by atoms with van der Waals surface area (Å²) in [7, 11) is 4.13. The van der Waals surface area contributed by atoms with Crippen LogP contribution in [0.3, 0.4) is 0 Å². The van der Waals surface area contributed by atoms with Crippen molar-refractivity contribution in [2.75, 3.05) is 20.6 Å². The molecule has 1 aromatic rings. The van der Waals surface area contributed by atoms with Crippen molar-refractivity contribution >= 4 is 22.9 Å². The Bertz CT molecular complexity index is 236. The molecule has 0 aliphatic heterocycles. The summed E-state index contributed by atoms with van der Waals surface area (Å²) >= 11 is 7.10. The molecule has 0 radical (unpaired) electrons. The van der Waals surface area contributed by atoms with Crippen LogP contribution < -0.4 is 0 Å².